The van der Waals surface area contributed by atoms with Crippen LogP contribution in [0.4, 0.5) is 0 Å². The van der Waals surface area contributed by atoms with Gasteiger partial charge in [0.15, 0.2) is 11.5 Å². The molecule has 0 radical (unpaired) electrons. The molecule has 2 heterocycles. The molecule has 1 aromatic carbocycles. The highest BCUT2D eigenvalue weighted by Gasteiger charge is 2.31. The van der Waals surface area contributed by atoms with Crippen LogP contribution in [0.5, 0.6) is 11.5 Å². The molecule has 4 nitrogen and oxygen atoms in total. The monoisotopic (exact) mass is 317 g/mol. The van der Waals surface area contributed by atoms with E-state index in [4.69, 9.17) is 9.47 Å². The van der Waals surface area contributed by atoms with Crippen LogP contribution in [0, 0.1) is 0 Å². The van der Waals surface area contributed by atoms with E-state index < -0.39 is 0 Å². The maximum atomic E-state index is 12.9. The Balaban J connectivity index is 1.87. The molecular formula is C17H19NO3S. The number of carbonyl (C=O) groups is 1. The average Bonchev–Trinajstić information content (AvgIpc) is 3.23. The quantitative estimate of drug-likeness (QED) is 0.862. The highest BCUT2D eigenvalue weighted by Crippen LogP contribution is 2.36. The average molecular weight is 317 g/mol. The van der Waals surface area contributed by atoms with E-state index in [0.717, 1.165) is 19.4 Å². The van der Waals surface area contributed by atoms with E-state index in [1.54, 1.807) is 43.8 Å². The van der Waals surface area contributed by atoms with Crippen LogP contribution in [0.1, 0.15) is 34.1 Å². The molecule has 1 aromatic heterocycles. The van der Waals surface area contributed by atoms with Crippen molar-refractivity contribution < 1.29 is 14.3 Å². The third-order valence-electron chi connectivity index (χ3n) is 4.02. The molecule has 0 unspecified atom stereocenters. The first kappa shape index (κ1) is 14.9. The SMILES string of the molecule is COc1ccc(C(=O)N2CCC[C@H]2c2cccs2)cc1OC. The molecular weight excluding hydrogens is 298 g/mol. The number of ether oxygens (including phenoxy) is 2. The molecule has 1 fully saturated rings. The van der Waals surface area contributed by atoms with Crippen LogP contribution < -0.4 is 9.47 Å². The van der Waals surface area contributed by atoms with Gasteiger partial charge in [0, 0.05) is 17.0 Å². The third kappa shape index (κ3) is 2.68. The van der Waals surface area contributed by atoms with Gasteiger partial charge in [-0.15, -0.1) is 11.3 Å². The van der Waals surface area contributed by atoms with Gasteiger partial charge in [-0.2, -0.15) is 0 Å². The molecule has 0 aliphatic carbocycles. The lowest BCUT2D eigenvalue weighted by Gasteiger charge is -2.24. The van der Waals surface area contributed by atoms with Gasteiger partial charge in [0.25, 0.3) is 5.91 Å². The van der Waals surface area contributed by atoms with Crippen molar-refractivity contribution in [3.8, 4) is 11.5 Å². The number of benzene rings is 1. The van der Waals surface area contributed by atoms with Gasteiger partial charge in [0.1, 0.15) is 0 Å². The topological polar surface area (TPSA) is 38.8 Å². The van der Waals surface area contributed by atoms with E-state index in [9.17, 15) is 4.79 Å². The fourth-order valence-corrected chi connectivity index (χ4v) is 3.80. The lowest BCUT2D eigenvalue weighted by Crippen LogP contribution is -2.30. The fraction of sp³-hybridized carbons (Fsp3) is 0.353. The molecule has 1 amide bonds. The smallest absolute Gasteiger partial charge is 0.254 e. The van der Waals surface area contributed by atoms with Crippen molar-refractivity contribution in [1.82, 2.24) is 4.90 Å². The van der Waals surface area contributed by atoms with Crippen LogP contribution in [0.3, 0.4) is 0 Å². The summed E-state index contributed by atoms with van der Waals surface area (Å²) in [5.74, 6) is 1.27. The minimum absolute atomic E-state index is 0.0526. The summed E-state index contributed by atoms with van der Waals surface area (Å²) in [5, 5.41) is 2.06. The molecule has 5 heteroatoms. The number of hydrogen-bond acceptors (Lipinski definition) is 4. The Hall–Kier alpha value is -2.01. The van der Waals surface area contributed by atoms with Gasteiger partial charge in [0.05, 0.1) is 20.3 Å². The second kappa shape index (κ2) is 6.40. The summed E-state index contributed by atoms with van der Waals surface area (Å²) in [6.07, 6.45) is 2.07. The Morgan fingerprint density at radius 1 is 1.23 bits per heavy atom. The molecule has 116 valence electrons. The molecule has 22 heavy (non-hydrogen) atoms. The zero-order valence-electron chi connectivity index (χ0n) is 12.7. The molecule has 2 aromatic rings. The Morgan fingerprint density at radius 3 is 2.73 bits per heavy atom. The molecule has 0 spiro atoms. The van der Waals surface area contributed by atoms with E-state index in [2.05, 4.69) is 11.4 Å². The van der Waals surface area contributed by atoms with Crippen molar-refractivity contribution in [1.29, 1.82) is 0 Å². The molecule has 0 N–H and O–H groups in total. The summed E-state index contributed by atoms with van der Waals surface area (Å²) >= 11 is 1.71. The van der Waals surface area contributed by atoms with Gasteiger partial charge in [-0.3, -0.25) is 4.79 Å². The Bertz CT molecular complexity index is 654. The normalized spacial score (nSPS) is 17.5. The number of rotatable bonds is 4. The summed E-state index contributed by atoms with van der Waals surface area (Å²) in [6, 6.07) is 9.67. The minimum atomic E-state index is 0.0526. The van der Waals surface area contributed by atoms with Crippen molar-refractivity contribution in [3.63, 3.8) is 0 Å². The van der Waals surface area contributed by atoms with E-state index in [0.29, 0.717) is 17.1 Å². The highest BCUT2D eigenvalue weighted by atomic mass is 32.1. The Morgan fingerprint density at radius 2 is 2.05 bits per heavy atom. The zero-order valence-corrected chi connectivity index (χ0v) is 13.6. The first-order valence-corrected chi connectivity index (χ1v) is 8.19. The summed E-state index contributed by atoms with van der Waals surface area (Å²) in [7, 11) is 3.17. The molecule has 1 aliphatic heterocycles. The van der Waals surface area contributed by atoms with Gasteiger partial charge in [-0.05, 0) is 42.5 Å². The zero-order chi connectivity index (χ0) is 15.5. The third-order valence-corrected chi connectivity index (χ3v) is 4.99. The highest BCUT2D eigenvalue weighted by molar-refractivity contribution is 7.10. The number of likely N-dealkylation sites (tertiary alicyclic amines) is 1. The van der Waals surface area contributed by atoms with E-state index in [1.807, 2.05) is 11.0 Å². The van der Waals surface area contributed by atoms with Crippen LogP contribution in [-0.2, 0) is 0 Å². The van der Waals surface area contributed by atoms with Crippen LogP contribution in [0.2, 0.25) is 0 Å². The Kier molecular flexibility index (Phi) is 4.34. The van der Waals surface area contributed by atoms with E-state index in [-0.39, 0.29) is 11.9 Å². The van der Waals surface area contributed by atoms with Crippen molar-refractivity contribution in [2.45, 2.75) is 18.9 Å². The lowest BCUT2D eigenvalue weighted by molar-refractivity contribution is 0.0737. The van der Waals surface area contributed by atoms with Crippen LogP contribution >= 0.6 is 11.3 Å². The summed E-state index contributed by atoms with van der Waals surface area (Å²) in [5.41, 5.74) is 0.640. The van der Waals surface area contributed by atoms with Gasteiger partial charge in [0.2, 0.25) is 0 Å². The number of nitrogens with zero attached hydrogens (tertiary/aromatic N) is 1. The Labute approximate surface area is 134 Å². The first-order chi connectivity index (χ1) is 10.7. The second-order valence-corrected chi connectivity index (χ2v) is 6.22. The predicted molar refractivity (Wildman–Crippen MR) is 86.9 cm³/mol. The van der Waals surface area contributed by atoms with Gasteiger partial charge >= 0.3 is 0 Å². The van der Waals surface area contributed by atoms with E-state index >= 15 is 0 Å². The molecule has 1 saturated heterocycles. The second-order valence-electron chi connectivity index (χ2n) is 5.24. The minimum Gasteiger partial charge on any atom is -0.493 e. The number of hydrogen-bond donors (Lipinski definition) is 0. The standard InChI is InChI=1S/C17H19NO3S/c1-20-14-8-7-12(11-15(14)21-2)17(19)18-9-3-5-13(18)16-6-4-10-22-16/h4,6-8,10-11,13H,3,5,9H2,1-2H3/t13-/m0/s1. The van der Waals surface area contributed by atoms with Crippen LogP contribution in [0.25, 0.3) is 0 Å². The molecule has 0 bridgehead atoms. The predicted octanol–water partition coefficient (Wildman–Crippen LogP) is 3.74. The van der Waals surface area contributed by atoms with Crippen molar-refractivity contribution in [2.75, 3.05) is 20.8 Å². The van der Waals surface area contributed by atoms with Crippen molar-refractivity contribution >= 4 is 17.2 Å². The maximum Gasteiger partial charge on any atom is 0.254 e. The molecule has 1 atom stereocenters. The molecule has 1 aliphatic rings. The number of carbonyl (C=O) groups excluding carboxylic acids is 1. The summed E-state index contributed by atoms with van der Waals surface area (Å²) < 4.78 is 10.5. The first-order valence-electron chi connectivity index (χ1n) is 7.31. The number of amides is 1. The summed E-state index contributed by atoms with van der Waals surface area (Å²) in [6.45, 7) is 0.801. The lowest BCUT2D eigenvalue weighted by atomic mass is 10.1. The van der Waals surface area contributed by atoms with Crippen molar-refractivity contribution in [3.05, 3.63) is 46.2 Å². The van der Waals surface area contributed by atoms with E-state index in [1.165, 1.54) is 4.88 Å². The molecule has 3 rings (SSSR count). The number of methoxy groups -OCH3 is 2. The fourth-order valence-electron chi connectivity index (χ4n) is 2.92. The maximum absolute atomic E-state index is 12.9. The van der Waals surface area contributed by atoms with Gasteiger partial charge in [-0.25, -0.2) is 0 Å². The van der Waals surface area contributed by atoms with Gasteiger partial charge in [-0.1, -0.05) is 6.07 Å². The molecule has 0 saturated carbocycles. The number of thiophene rings is 1. The summed E-state index contributed by atoms with van der Waals surface area (Å²) in [4.78, 5) is 16.1. The largest absolute Gasteiger partial charge is 0.493 e. The van der Waals surface area contributed by atoms with Crippen LogP contribution in [-0.4, -0.2) is 31.6 Å². The van der Waals surface area contributed by atoms with Gasteiger partial charge < -0.3 is 14.4 Å². The van der Waals surface area contributed by atoms with Crippen molar-refractivity contribution in [2.24, 2.45) is 0 Å². The van der Waals surface area contributed by atoms with Crippen LogP contribution in [0.15, 0.2) is 35.7 Å².